The molecule has 4 rings (SSSR count). The van der Waals surface area contributed by atoms with Crippen molar-refractivity contribution in [3.63, 3.8) is 0 Å². The fraction of sp³-hybridized carbons (Fsp3) is 0.579. The third kappa shape index (κ3) is 4.48. The van der Waals surface area contributed by atoms with Crippen molar-refractivity contribution in [1.82, 2.24) is 20.4 Å². The Balaban J connectivity index is 1.33. The first-order valence-electron chi connectivity index (χ1n) is 9.68. The van der Waals surface area contributed by atoms with Crippen LogP contribution < -0.4 is 10.2 Å². The predicted molar refractivity (Wildman–Crippen MR) is 101 cm³/mol. The molecule has 2 aliphatic rings. The first kappa shape index (κ1) is 18.8. The normalized spacial score (nSPS) is 22.8. The summed E-state index contributed by atoms with van der Waals surface area (Å²) < 4.78 is 16.1. The van der Waals surface area contributed by atoms with Gasteiger partial charge in [0.1, 0.15) is 5.82 Å². The highest BCUT2D eigenvalue weighted by Gasteiger charge is 2.27. The number of amides is 1. The number of rotatable bonds is 5. The molecule has 0 aliphatic carbocycles. The molecule has 2 fully saturated rings. The van der Waals surface area contributed by atoms with Crippen LogP contribution in [0.4, 0.5) is 5.82 Å². The van der Waals surface area contributed by atoms with E-state index in [0.717, 1.165) is 30.8 Å². The molecule has 28 heavy (non-hydrogen) atoms. The van der Waals surface area contributed by atoms with E-state index >= 15 is 0 Å². The van der Waals surface area contributed by atoms with E-state index in [1.807, 2.05) is 12.1 Å². The van der Waals surface area contributed by atoms with Crippen LogP contribution in [0.3, 0.4) is 0 Å². The van der Waals surface area contributed by atoms with Gasteiger partial charge in [-0.05, 0) is 31.9 Å². The molecule has 9 nitrogen and oxygen atoms in total. The van der Waals surface area contributed by atoms with Crippen molar-refractivity contribution in [2.75, 3.05) is 44.4 Å². The quantitative estimate of drug-likeness (QED) is 0.816. The number of nitrogens with zero attached hydrogens (tertiary/aromatic N) is 4. The van der Waals surface area contributed by atoms with Gasteiger partial charge in [0, 0.05) is 25.8 Å². The predicted octanol–water partition coefficient (Wildman–Crippen LogP) is 1.19. The molecule has 0 spiro atoms. The van der Waals surface area contributed by atoms with Gasteiger partial charge < -0.3 is 24.2 Å². The largest absolute Gasteiger partial charge is 0.376 e. The first-order chi connectivity index (χ1) is 13.7. The van der Waals surface area contributed by atoms with Gasteiger partial charge in [0.2, 0.25) is 5.91 Å². The van der Waals surface area contributed by atoms with E-state index in [9.17, 15) is 4.79 Å². The van der Waals surface area contributed by atoms with E-state index in [2.05, 4.69) is 25.3 Å². The Kier molecular flexibility index (Phi) is 5.82. The summed E-state index contributed by atoms with van der Waals surface area (Å²) in [6.45, 7) is 5.55. The third-order valence-electron chi connectivity index (χ3n) is 5.03. The van der Waals surface area contributed by atoms with E-state index in [-0.39, 0.29) is 17.9 Å². The standard InChI is InChI=1S/C19H25N5O4/c1-13-22-19(28-23-13)14-4-5-17(20-9-14)24-6-2-3-15(11-24)18(25)21-10-16-12-26-7-8-27-16/h4-5,9,15-16H,2-3,6-8,10-12H2,1H3,(H,21,25)/t15-,16-/m1/s1. The van der Waals surface area contributed by atoms with Crippen molar-refractivity contribution in [2.24, 2.45) is 5.92 Å². The Bertz CT molecular complexity index is 788. The zero-order chi connectivity index (χ0) is 19.3. The average Bonchev–Trinajstić information content (AvgIpc) is 3.19. The molecule has 0 bridgehead atoms. The molecule has 4 heterocycles. The number of aromatic nitrogens is 3. The van der Waals surface area contributed by atoms with E-state index in [0.29, 0.717) is 44.6 Å². The van der Waals surface area contributed by atoms with E-state index in [1.54, 1.807) is 13.1 Å². The third-order valence-corrected chi connectivity index (χ3v) is 5.03. The summed E-state index contributed by atoms with van der Waals surface area (Å²) in [5.41, 5.74) is 0.783. The topological polar surface area (TPSA) is 103 Å². The van der Waals surface area contributed by atoms with Gasteiger partial charge in [0.25, 0.3) is 5.89 Å². The Hall–Kier alpha value is -2.52. The molecule has 9 heteroatoms. The highest BCUT2D eigenvalue weighted by atomic mass is 16.6. The summed E-state index contributed by atoms with van der Waals surface area (Å²) in [6, 6.07) is 3.85. The molecule has 150 valence electrons. The maximum absolute atomic E-state index is 12.6. The van der Waals surface area contributed by atoms with Gasteiger partial charge in [-0.3, -0.25) is 4.79 Å². The minimum absolute atomic E-state index is 0.0556. The van der Waals surface area contributed by atoms with Crippen molar-refractivity contribution in [3.05, 3.63) is 24.2 Å². The molecule has 2 aliphatic heterocycles. The number of nitrogens with one attached hydrogen (secondary N) is 1. The van der Waals surface area contributed by atoms with Crippen LogP contribution in [0.5, 0.6) is 0 Å². The van der Waals surface area contributed by atoms with Crippen molar-refractivity contribution < 1.29 is 18.8 Å². The molecule has 0 saturated carbocycles. The van der Waals surface area contributed by atoms with Gasteiger partial charge in [-0.15, -0.1) is 0 Å². The van der Waals surface area contributed by atoms with E-state index in [4.69, 9.17) is 14.0 Å². The molecule has 0 radical (unpaired) electrons. The van der Waals surface area contributed by atoms with Crippen LogP contribution >= 0.6 is 0 Å². The molecule has 0 unspecified atom stereocenters. The Morgan fingerprint density at radius 1 is 1.36 bits per heavy atom. The second kappa shape index (κ2) is 8.66. The van der Waals surface area contributed by atoms with E-state index in [1.165, 1.54) is 0 Å². The number of pyridine rings is 1. The van der Waals surface area contributed by atoms with Crippen molar-refractivity contribution >= 4 is 11.7 Å². The number of anilines is 1. The average molecular weight is 387 g/mol. The Labute approximate surface area is 163 Å². The summed E-state index contributed by atoms with van der Waals surface area (Å²) in [6.07, 6.45) is 3.50. The zero-order valence-electron chi connectivity index (χ0n) is 16.0. The van der Waals surface area contributed by atoms with Crippen LogP contribution in [0.25, 0.3) is 11.5 Å². The molecular formula is C19H25N5O4. The highest BCUT2D eigenvalue weighted by molar-refractivity contribution is 5.79. The molecule has 2 aromatic heterocycles. The zero-order valence-corrected chi connectivity index (χ0v) is 16.0. The number of carbonyl (C=O) groups is 1. The lowest BCUT2D eigenvalue weighted by Crippen LogP contribution is -2.46. The van der Waals surface area contributed by atoms with Gasteiger partial charge in [0.15, 0.2) is 5.82 Å². The lowest BCUT2D eigenvalue weighted by atomic mass is 9.97. The molecule has 2 saturated heterocycles. The summed E-state index contributed by atoms with van der Waals surface area (Å²) in [5.74, 6) is 1.91. The van der Waals surface area contributed by atoms with Gasteiger partial charge in [0.05, 0.1) is 37.4 Å². The van der Waals surface area contributed by atoms with Gasteiger partial charge >= 0.3 is 0 Å². The Morgan fingerprint density at radius 2 is 2.29 bits per heavy atom. The number of hydrogen-bond donors (Lipinski definition) is 1. The van der Waals surface area contributed by atoms with Crippen molar-refractivity contribution in [2.45, 2.75) is 25.9 Å². The van der Waals surface area contributed by atoms with Crippen LogP contribution in [0.1, 0.15) is 18.7 Å². The molecule has 0 aromatic carbocycles. The van der Waals surface area contributed by atoms with Gasteiger partial charge in [-0.2, -0.15) is 4.98 Å². The van der Waals surface area contributed by atoms with E-state index < -0.39 is 0 Å². The summed E-state index contributed by atoms with van der Waals surface area (Å²) in [5, 5.41) is 6.81. The summed E-state index contributed by atoms with van der Waals surface area (Å²) >= 11 is 0. The van der Waals surface area contributed by atoms with Gasteiger partial charge in [-0.1, -0.05) is 5.16 Å². The minimum Gasteiger partial charge on any atom is -0.376 e. The van der Waals surface area contributed by atoms with Crippen LogP contribution in [0, 0.1) is 12.8 Å². The van der Waals surface area contributed by atoms with Crippen molar-refractivity contribution in [1.29, 1.82) is 0 Å². The monoisotopic (exact) mass is 387 g/mol. The Morgan fingerprint density at radius 3 is 3.00 bits per heavy atom. The second-order valence-electron chi connectivity index (χ2n) is 7.15. The number of ether oxygens (including phenoxy) is 2. The highest BCUT2D eigenvalue weighted by Crippen LogP contribution is 2.24. The lowest BCUT2D eigenvalue weighted by molar-refractivity contribution is -0.127. The van der Waals surface area contributed by atoms with Gasteiger partial charge in [-0.25, -0.2) is 4.98 Å². The minimum atomic E-state index is -0.0571. The van der Waals surface area contributed by atoms with Crippen LogP contribution in [-0.4, -0.2) is 66.6 Å². The van der Waals surface area contributed by atoms with Crippen LogP contribution in [-0.2, 0) is 14.3 Å². The lowest BCUT2D eigenvalue weighted by Gasteiger charge is -2.33. The van der Waals surface area contributed by atoms with Crippen LogP contribution in [0.2, 0.25) is 0 Å². The summed E-state index contributed by atoms with van der Waals surface area (Å²) in [7, 11) is 0. The maximum atomic E-state index is 12.6. The van der Waals surface area contributed by atoms with Crippen LogP contribution in [0.15, 0.2) is 22.9 Å². The number of aryl methyl sites for hydroxylation is 1. The molecule has 1 amide bonds. The fourth-order valence-corrected chi connectivity index (χ4v) is 3.53. The molecule has 2 atom stereocenters. The number of piperidine rings is 1. The molecule has 2 aromatic rings. The van der Waals surface area contributed by atoms with Crippen molar-refractivity contribution in [3.8, 4) is 11.5 Å². The fourth-order valence-electron chi connectivity index (χ4n) is 3.53. The molecular weight excluding hydrogens is 362 g/mol. The SMILES string of the molecule is Cc1noc(-c2ccc(N3CCC[C@@H](C(=O)NC[C@@H]4COCCO4)C3)nc2)n1. The summed E-state index contributed by atoms with van der Waals surface area (Å²) in [4.78, 5) is 23.5. The number of carbonyl (C=O) groups excluding carboxylic acids is 1. The molecule has 1 N–H and O–H groups in total. The smallest absolute Gasteiger partial charge is 0.259 e. The second-order valence-corrected chi connectivity index (χ2v) is 7.15. The maximum Gasteiger partial charge on any atom is 0.259 e. The number of hydrogen-bond acceptors (Lipinski definition) is 8. The first-order valence-corrected chi connectivity index (χ1v) is 9.68.